The first-order chi connectivity index (χ1) is 9.49. The Bertz CT molecular complexity index is 465. The molecule has 6 heteroatoms. The molecule has 0 aliphatic carbocycles. The highest BCUT2D eigenvalue weighted by molar-refractivity contribution is 5.28. The molecular weight excluding hydrogens is 291 g/mol. The summed E-state index contributed by atoms with van der Waals surface area (Å²) in [6, 6.07) is 6.17. The molecule has 1 aromatic rings. The fraction of sp³-hybridized carbons (Fsp3) is 0.600. The lowest BCUT2D eigenvalue weighted by Crippen LogP contribution is -2.42. The van der Waals surface area contributed by atoms with Crippen LogP contribution < -0.4 is 0 Å². The van der Waals surface area contributed by atoms with Gasteiger partial charge in [-0.05, 0) is 30.9 Å². The molecule has 1 atom stereocenters. The zero-order valence-electron chi connectivity index (χ0n) is 12.0. The van der Waals surface area contributed by atoms with Gasteiger partial charge < -0.3 is 5.11 Å². The molecule has 0 heterocycles. The smallest absolute Gasteiger partial charge is 0.385 e. The Balaban J connectivity index is 2.97. The van der Waals surface area contributed by atoms with Crippen LogP contribution in [-0.4, -0.2) is 17.2 Å². The minimum absolute atomic E-state index is 0.0695. The summed E-state index contributed by atoms with van der Waals surface area (Å²) in [4.78, 5) is 0. The molecule has 0 bridgehead atoms. The normalized spacial score (nSPS) is 15.8. The SMILES string of the molecule is CCCCc1cccc(C(C)(O)CC(F)(F)C(F)(F)F)c1. The predicted molar refractivity (Wildman–Crippen MR) is 70.2 cm³/mol. The maximum atomic E-state index is 13.1. The van der Waals surface area contributed by atoms with Crippen LogP contribution in [0.1, 0.15) is 44.2 Å². The maximum Gasteiger partial charge on any atom is 0.453 e. The Labute approximate surface area is 120 Å². The molecule has 0 aliphatic rings. The van der Waals surface area contributed by atoms with Crippen molar-refractivity contribution in [3.8, 4) is 0 Å². The molecule has 120 valence electrons. The van der Waals surface area contributed by atoms with Crippen LogP contribution in [0.15, 0.2) is 24.3 Å². The number of alkyl halides is 5. The topological polar surface area (TPSA) is 20.2 Å². The second kappa shape index (κ2) is 6.30. The second-order valence-electron chi connectivity index (χ2n) is 5.46. The first kappa shape index (κ1) is 17.9. The van der Waals surface area contributed by atoms with Gasteiger partial charge in [-0.15, -0.1) is 0 Å². The van der Waals surface area contributed by atoms with E-state index in [-0.39, 0.29) is 5.56 Å². The standard InChI is InChI=1S/C15H19F5O/c1-3-4-6-11-7-5-8-12(9-11)13(2,21)10-14(16,17)15(18,19)20/h5,7-9,21H,3-4,6,10H2,1-2H3. The Morgan fingerprint density at radius 3 is 2.24 bits per heavy atom. The molecule has 0 fully saturated rings. The van der Waals surface area contributed by atoms with Gasteiger partial charge in [0, 0.05) is 0 Å². The van der Waals surface area contributed by atoms with Gasteiger partial charge in [-0.25, -0.2) is 0 Å². The molecule has 1 aromatic carbocycles. The van der Waals surface area contributed by atoms with Crippen molar-refractivity contribution in [2.75, 3.05) is 0 Å². The molecule has 1 N–H and O–H groups in total. The van der Waals surface area contributed by atoms with Gasteiger partial charge in [0.2, 0.25) is 0 Å². The number of benzene rings is 1. The van der Waals surface area contributed by atoms with Crippen LogP contribution in [0.4, 0.5) is 22.0 Å². The number of aryl methyl sites for hydroxylation is 1. The molecule has 0 spiro atoms. The molecule has 0 aliphatic heterocycles. The largest absolute Gasteiger partial charge is 0.453 e. The fourth-order valence-corrected chi connectivity index (χ4v) is 2.08. The minimum Gasteiger partial charge on any atom is -0.385 e. The third-order valence-corrected chi connectivity index (χ3v) is 3.35. The van der Waals surface area contributed by atoms with Gasteiger partial charge in [-0.1, -0.05) is 37.6 Å². The molecule has 0 aromatic heterocycles. The van der Waals surface area contributed by atoms with Gasteiger partial charge in [-0.3, -0.25) is 0 Å². The average molecular weight is 310 g/mol. The first-order valence-corrected chi connectivity index (χ1v) is 6.76. The Morgan fingerprint density at radius 2 is 1.71 bits per heavy atom. The van der Waals surface area contributed by atoms with Gasteiger partial charge in [-0.2, -0.15) is 22.0 Å². The Morgan fingerprint density at radius 1 is 1.10 bits per heavy atom. The van der Waals surface area contributed by atoms with E-state index in [1.54, 1.807) is 12.1 Å². The quantitative estimate of drug-likeness (QED) is 0.747. The highest BCUT2D eigenvalue weighted by Gasteiger charge is 2.59. The minimum atomic E-state index is -5.67. The van der Waals surface area contributed by atoms with Gasteiger partial charge in [0.05, 0.1) is 12.0 Å². The number of halogens is 5. The van der Waals surface area contributed by atoms with Crippen molar-refractivity contribution in [2.24, 2.45) is 0 Å². The van der Waals surface area contributed by atoms with Crippen molar-refractivity contribution in [2.45, 2.75) is 57.2 Å². The number of aliphatic hydroxyl groups is 1. The average Bonchev–Trinajstić information content (AvgIpc) is 2.34. The van der Waals surface area contributed by atoms with E-state index in [4.69, 9.17) is 0 Å². The zero-order valence-corrected chi connectivity index (χ0v) is 12.0. The van der Waals surface area contributed by atoms with Crippen LogP contribution in [0.5, 0.6) is 0 Å². The molecule has 1 nitrogen and oxygen atoms in total. The molecule has 21 heavy (non-hydrogen) atoms. The molecule has 0 amide bonds. The van der Waals surface area contributed by atoms with Crippen molar-refractivity contribution in [3.63, 3.8) is 0 Å². The van der Waals surface area contributed by atoms with Crippen molar-refractivity contribution in [1.29, 1.82) is 0 Å². The van der Waals surface area contributed by atoms with Crippen LogP contribution >= 0.6 is 0 Å². The number of unbranched alkanes of at least 4 members (excludes halogenated alkanes) is 1. The molecule has 0 radical (unpaired) electrons. The van der Waals surface area contributed by atoms with Crippen LogP contribution in [0.3, 0.4) is 0 Å². The maximum absolute atomic E-state index is 13.1. The lowest BCUT2D eigenvalue weighted by molar-refractivity contribution is -0.296. The Kier molecular flexibility index (Phi) is 5.36. The summed E-state index contributed by atoms with van der Waals surface area (Å²) in [5.41, 5.74) is -1.37. The summed E-state index contributed by atoms with van der Waals surface area (Å²) in [5, 5.41) is 10.1. The lowest BCUT2D eigenvalue weighted by atomic mass is 9.88. The summed E-state index contributed by atoms with van der Waals surface area (Å²) in [6.45, 7) is 2.97. The summed E-state index contributed by atoms with van der Waals surface area (Å²) in [5.74, 6) is -4.93. The van der Waals surface area contributed by atoms with E-state index in [1.807, 2.05) is 6.92 Å². The molecule has 1 unspecified atom stereocenters. The summed E-state index contributed by atoms with van der Waals surface area (Å²) in [7, 11) is 0. The number of rotatable bonds is 6. The molecule has 1 rings (SSSR count). The highest BCUT2D eigenvalue weighted by Crippen LogP contribution is 2.43. The zero-order chi connectivity index (χ0) is 16.3. The molecular formula is C15H19F5O. The van der Waals surface area contributed by atoms with E-state index < -0.39 is 24.1 Å². The van der Waals surface area contributed by atoms with Crippen LogP contribution in [-0.2, 0) is 12.0 Å². The van der Waals surface area contributed by atoms with E-state index in [0.717, 1.165) is 25.3 Å². The van der Waals surface area contributed by atoms with E-state index in [0.29, 0.717) is 6.42 Å². The Hall–Kier alpha value is -1.17. The summed E-state index contributed by atoms with van der Waals surface area (Å²) in [6.07, 6.45) is -4.86. The summed E-state index contributed by atoms with van der Waals surface area (Å²) >= 11 is 0. The monoisotopic (exact) mass is 310 g/mol. The predicted octanol–water partition coefficient (Wildman–Crippen LogP) is 4.82. The van der Waals surface area contributed by atoms with Crippen LogP contribution in [0.25, 0.3) is 0 Å². The third kappa shape index (κ3) is 4.66. The highest BCUT2D eigenvalue weighted by atomic mass is 19.4. The van der Waals surface area contributed by atoms with Gasteiger partial charge >= 0.3 is 12.1 Å². The number of hydrogen-bond acceptors (Lipinski definition) is 1. The van der Waals surface area contributed by atoms with Gasteiger partial charge in [0.1, 0.15) is 0 Å². The van der Waals surface area contributed by atoms with Crippen molar-refractivity contribution < 1.29 is 27.1 Å². The van der Waals surface area contributed by atoms with Crippen LogP contribution in [0, 0.1) is 0 Å². The van der Waals surface area contributed by atoms with Crippen molar-refractivity contribution in [3.05, 3.63) is 35.4 Å². The third-order valence-electron chi connectivity index (χ3n) is 3.35. The van der Waals surface area contributed by atoms with Crippen molar-refractivity contribution in [1.82, 2.24) is 0 Å². The van der Waals surface area contributed by atoms with Crippen molar-refractivity contribution >= 4 is 0 Å². The van der Waals surface area contributed by atoms with Gasteiger partial charge in [0.15, 0.2) is 0 Å². The van der Waals surface area contributed by atoms with E-state index >= 15 is 0 Å². The fourth-order valence-electron chi connectivity index (χ4n) is 2.08. The van der Waals surface area contributed by atoms with Crippen LogP contribution in [0.2, 0.25) is 0 Å². The number of hydrogen-bond donors (Lipinski definition) is 1. The molecule has 0 saturated carbocycles. The first-order valence-electron chi connectivity index (χ1n) is 6.76. The second-order valence-corrected chi connectivity index (χ2v) is 5.46. The van der Waals surface area contributed by atoms with E-state index in [9.17, 15) is 27.1 Å². The van der Waals surface area contributed by atoms with Gasteiger partial charge in [0.25, 0.3) is 0 Å². The summed E-state index contributed by atoms with van der Waals surface area (Å²) < 4.78 is 63.1. The molecule has 0 saturated heterocycles. The van der Waals surface area contributed by atoms with E-state index in [2.05, 4.69) is 0 Å². The van der Waals surface area contributed by atoms with E-state index in [1.165, 1.54) is 12.1 Å². The lowest BCUT2D eigenvalue weighted by Gasteiger charge is -2.30.